The van der Waals surface area contributed by atoms with Crippen LogP contribution in [-0.4, -0.2) is 5.78 Å². The highest BCUT2D eigenvalue weighted by atomic mass is 16.3. The molecule has 1 heterocycles. The van der Waals surface area contributed by atoms with Crippen LogP contribution in [0.5, 0.6) is 0 Å². The van der Waals surface area contributed by atoms with E-state index in [1.165, 1.54) is 0 Å². The molecule has 0 saturated heterocycles. The van der Waals surface area contributed by atoms with Gasteiger partial charge in [-0.2, -0.15) is 5.26 Å². The molecule has 0 radical (unpaired) electrons. The minimum absolute atomic E-state index is 0.00962. The van der Waals surface area contributed by atoms with E-state index in [0.29, 0.717) is 27.7 Å². The van der Waals surface area contributed by atoms with Crippen molar-refractivity contribution in [3.63, 3.8) is 0 Å². The summed E-state index contributed by atoms with van der Waals surface area (Å²) in [5.41, 5.74) is 1.47. The molecule has 0 spiro atoms. The highest BCUT2D eigenvalue weighted by Gasteiger charge is 2.23. The minimum Gasteiger partial charge on any atom is -0.455 e. The van der Waals surface area contributed by atoms with E-state index in [9.17, 15) is 9.59 Å². The number of ketones is 1. The zero-order chi connectivity index (χ0) is 18.8. The number of nitrogens with zero attached hydrogens (tertiary/aromatic N) is 1. The normalized spacial score (nSPS) is 10.5. The maximum atomic E-state index is 13.2. The van der Waals surface area contributed by atoms with Crippen LogP contribution in [0.25, 0.3) is 22.3 Å². The molecule has 4 aromatic rings. The molecule has 4 nitrogen and oxygen atoms in total. The number of hydrogen-bond acceptors (Lipinski definition) is 4. The van der Waals surface area contributed by atoms with Crippen molar-refractivity contribution in [2.45, 2.75) is 0 Å². The molecule has 3 aromatic carbocycles. The SMILES string of the molecule is N#Cc1ccc(C(=O)c2c(-c3ccccc3)oc3ccccc3c2=O)cc1. The standard InChI is InChI=1S/C23H13NO3/c24-14-15-10-12-16(13-11-15)21(25)20-22(26)18-8-4-5-9-19(18)27-23(20)17-6-2-1-3-7-17/h1-13H. The van der Waals surface area contributed by atoms with Crippen LogP contribution in [0, 0.1) is 11.3 Å². The lowest BCUT2D eigenvalue weighted by Gasteiger charge is -2.10. The molecule has 0 aliphatic rings. The smallest absolute Gasteiger partial charge is 0.204 e. The van der Waals surface area contributed by atoms with Crippen LogP contribution in [0.1, 0.15) is 21.5 Å². The molecular weight excluding hydrogens is 338 g/mol. The van der Waals surface area contributed by atoms with Gasteiger partial charge in [0.2, 0.25) is 11.2 Å². The van der Waals surface area contributed by atoms with E-state index in [1.54, 1.807) is 60.7 Å². The second-order valence-corrected chi connectivity index (χ2v) is 6.02. The zero-order valence-corrected chi connectivity index (χ0v) is 14.2. The number of carbonyl (C=O) groups excluding carboxylic acids is 1. The first-order chi connectivity index (χ1) is 13.2. The highest BCUT2D eigenvalue weighted by molar-refractivity contribution is 6.13. The first-order valence-corrected chi connectivity index (χ1v) is 8.35. The first-order valence-electron chi connectivity index (χ1n) is 8.35. The molecule has 0 aliphatic heterocycles. The molecule has 4 rings (SSSR count). The van der Waals surface area contributed by atoms with Crippen molar-refractivity contribution in [1.82, 2.24) is 0 Å². The summed E-state index contributed by atoms with van der Waals surface area (Å²) < 4.78 is 5.97. The fourth-order valence-electron chi connectivity index (χ4n) is 2.98. The Morgan fingerprint density at radius 3 is 2.22 bits per heavy atom. The van der Waals surface area contributed by atoms with Gasteiger partial charge in [-0.1, -0.05) is 42.5 Å². The van der Waals surface area contributed by atoms with Crippen LogP contribution in [0.15, 0.2) is 88.1 Å². The summed E-state index contributed by atoms with van der Waals surface area (Å²) >= 11 is 0. The summed E-state index contributed by atoms with van der Waals surface area (Å²) in [7, 11) is 0. The lowest BCUT2D eigenvalue weighted by Crippen LogP contribution is -2.18. The second kappa shape index (κ2) is 6.74. The van der Waals surface area contributed by atoms with Gasteiger partial charge in [0.25, 0.3) is 0 Å². The van der Waals surface area contributed by atoms with Crippen LogP contribution < -0.4 is 5.43 Å². The molecule has 0 N–H and O–H groups in total. The van der Waals surface area contributed by atoms with Crippen LogP contribution in [-0.2, 0) is 0 Å². The van der Waals surface area contributed by atoms with Gasteiger partial charge in [-0.3, -0.25) is 9.59 Å². The van der Waals surface area contributed by atoms with E-state index in [-0.39, 0.29) is 16.8 Å². The minimum atomic E-state index is -0.433. The lowest BCUT2D eigenvalue weighted by atomic mass is 9.97. The molecule has 0 bridgehead atoms. The predicted octanol–water partition coefficient (Wildman–Crippen LogP) is 4.56. The van der Waals surface area contributed by atoms with Crippen molar-refractivity contribution in [2.75, 3.05) is 0 Å². The van der Waals surface area contributed by atoms with Gasteiger partial charge in [0.05, 0.1) is 17.0 Å². The molecule has 27 heavy (non-hydrogen) atoms. The van der Waals surface area contributed by atoms with Crippen LogP contribution >= 0.6 is 0 Å². The fourth-order valence-corrected chi connectivity index (χ4v) is 2.98. The van der Waals surface area contributed by atoms with Crippen molar-refractivity contribution in [3.8, 4) is 17.4 Å². The third-order valence-electron chi connectivity index (χ3n) is 4.34. The number of para-hydroxylation sites is 1. The van der Waals surface area contributed by atoms with Crippen molar-refractivity contribution >= 4 is 16.8 Å². The fraction of sp³-hybridized carbons (Fsp3) is 0. The summed E-state index contributed by atoms with van der Waals surface area (Å²) in [6.07, 6.45) is 0. The summed E-state index contributed by atoms with van der Waals surface area (Å²) in [5, 5.41) is 9.30. The third kappa shape index (κ3) is 2.92. The first kappa shape index (κ1) is 16.5. The highest BCUT2D eigenvalue weighted by Crippen LogP contribution is 2.27. The molecule has 0 unspecified atom stereocenters. The third-order valence-corrected chi connectivity index (χ3v) is 4.34. The van der Waals surface area contributed by atoms with Gasteiger partial charge in [-0.05, 0) is 36.4 Å². The molecule has 0 atom stereocenters. The summed E-state index contributed by atoms with van der Waals surface area (Å²) in [4.78, 5) is 26.3. The topological polar surface area (TPSA) is 71.1 Å². The summed E-state index contributed by atoms with van der Waals surface area (Å²) in [6.45, 7) is 0. The van der Waals surface area contributed by atoms with Gasteiger partial charge in [-0.15, -0.1) is 0 Å². The Labute approximate surface area is 154 Å². The molecule has 128 valence electrons. The van der Waals surface area contributed by atoms with Crippen molar-refractivity contribution in [2.24, 2.45) is 0 Å². The van der Waals surface area contributed by atoms with E-state index in [4.69, 9.17) is 9.68 Å². The molecular formula is C23H13NO3. The van der Waals surface area contributed by atoms with Crippen LogP contribution in [0.4, 0.5) is 0 Å². The Bertz CT molecular complexity index is 1250. The van der Waals surface area contributed by atoms with E-state index in [1.807, 2.05) is 24.3 Å². The summed E-state index contributed by atoms with van der Waals surface area (Å²) in [5.74, 6) is -0.188. The van der Waals surface area contributed by atoms with Crippen molar-refractivity contribution in [3.05, 3.63) is 106 Å². The van der Waals surface area contributed by atoms with Crippen molar-refractivity contribution < 1.29 is 9.21 Å². The van der Waals surface area contributed by atoms with E-state index >= 15 is 0 Å². The number of benzene rings is 3. The monoisotopic (exact) mass is 351 g/mol. The summed E-state index contributed by atoms with van der Waals surface area (Å²) in [6, 6.07) is 24.2. The Morgan fingerprint density at radius 1 is 0.852 bits per heavy atom. The Hall–Kier alpha value is -3.97. The molecule has 1 aromatic heterocycles. The largest absolute Gasteiger partial charge is 0.455 e. The van der Waals surface area contributed by atoms with E-state index in [2.05, 4.69) is 0 Å². The number of rotatable bonds is 3. The van der Waals surface area contributed by atoms with Gasteiger partial charge < -0.3 is 4.42 Å². The maximum Gasteiger partial charge on any atom is 0.204 e. The molecule has 0 aliphatic carbocycles. The number of hydrogen-bond donors (Lipinski definition) is 0. The predicted molar refractivity (Wildman–Crippen MR) is 103 cm³/mol. The molecule has 4 heteroatoms. The number of fused-ring (bicyclic) bond motifs is 1. The Balaban J connectivity index is 2.00. The lowest BCUT2D eigenvalue weighted by molar-refractivity contribution is 0.103. The Morgan fingerprint density at radius 2 is 1.52 bits per heavy atom. The Kier molecular flexibility index (Phi) is 4.12. The average Bonchev–Trinajstić information content (AvgIpc) is 2.74. The van der Waals surface area contributed by atoms with Gasteiger partial charge in [0.1, 0.15) is 16.9 Å². The molecule has 0 fully saturated rings. The zero-order valence-electron chi connectivity index (χ0n) is 14.2. The van der Waals surface area contributed by atoms with E-state index in [0.717, 1.165) is 0 Å². The quantitative estimate of drug-likeness (QED) is 0.507. The number of carbonyl (C=O) groups is 1. The van der Waals surface area contributed by atoms with Gasteiger partial charge in [-0.25, -0.2) is 0 Å². The van der Waals surface area contributed by atoms with Crippen LogP contribution in [0.3, 0.4) is 0 Å². The van der Waals surface area contributed by atoms with Gasteiger partial charge in [0.15, 0.2) is 0 Å². The van der Waals surface area contributed by atoms with Crippen LogP contribution in [0.2, 0.25) is 0 Å². The second-order valence-electron chi connectivity index (χ2n) is 6.02. The maximum absolute atomic E-state index is 13.2. The van der Waals surface area contributed by atoms with E-state index < -0.39 is 5.78 Å². The number of nitriles is 1. The molecule has 0 saturated carbocycles. The van der Waals surface area contributed by atoms with Crippen molar-refractivity contribution in [1.29, 1.82) is 5.26 Å². The van der Waals surface area contributed by atoms with Gasteiger partial charge >= 0.3 is 0 Å². The average molecular weight is 351 g/mol. The van der Waals surface area contributed by atoms with Gasteiger partial charge in [0, 0.05) is 11.1 Å². The molecule has 0 amide bonds.